The van der Waals surface area contributed by atoms with E-state index in [0.29, 0.717) is 17.1 Å². The Kier molecular flexibility index (Phi) is 6.12. The van der Waals surface area contributed by atoms with Crippen LogP contribution in [-0.2, 0) is 10.0 Å². The van der Waals surface area contributed by atoms with Crippen molar-refractivity contribution in [2.24, 2.45) is 0 Å². The van der Waals surface area contributed by atoms with Crippen LogP contribution in [0.5, 0.6) is 11.5 Å². The summed E-state index contributed by atoms with van der Waals surface area (Å²) in [6.45, 7) is 0.979. The number of nitrogens with zero attached hydrogens (tertiary/aromatic N) is 2. The van der Waals surface area contributed by atoms with Gasteiger partial charge in [0.2, 0.25) is 10.0 Å². The van der Waals surface area contributed by atoms with E-state index < -0.39 is 10.0 Å². The normalized spacial score (nSPS) is 15.3. The quantitative estimate of drug-likeness (QED) is 0.737. The Morgan fingerprint density at radius 1 is 0.964 bits per heavy atom. The molecule has 1 aliphatic rings. The number of hydrogen-bond donors (Lipinski definition) is 0. The summed E-state index contributed by atoms with van der Waals surface area (Å²) in [5.41, 5.74) is 0.458. The van der Waals surface area contributed by atoms with E-state index in [9.17, 15) is 13.2 Å². The van der Waals surface area contributed by atoms with Crippen molar-refractivity contribution in [2.75, 3.05) is 40.4 Å². The number of carbonyl (C=O) groups excluding carboxylic acids is 1. The zero-order chi connectivity index (χ0) is 20.3. The largest absolute Gasteiger partial charge is 0.493 e. The van der Waals surface area contributed by atoms with Crippen molar-refractivity contribution in [3.8, 4) is 11.5 Å². The molecule has 3 rings (SSSR count). The molecule has 1 amide bonds. The highest BCUT2D eigenvalue weighted by Crippen LogP contribution is 2.29. The minimum absolute atomic E-state index is 0.0799. The maximum absolute atomic E-state index is 12.8. The van der Waals surface area contributed by atoms with Crippen LogP contribution in [0.3, 0.4) is 0 Å². The highest BCUT2D eigenvalue weighted by Gasteiger charge is 2.31. The Morgan fingerprint density at radius 3 is 2.21 bits per heavy atom. The van der Waals surface area contributed by atoms with Gasteiger partial charge in [0, 0.05) is 31.7 Å². The molecule has 1 saturated heterocycles. The molecule has 0 saturated carbocycles. The van der Waals surface area contributed by atoms with Gasteiger partial charge in [0.05, 0.1) is 19.2 Å². The summed E-state index contributed by atoms with van der Waals surface area (Å²) in [7, 11) is -0.669. The summed E-state index contributed by atoms with van der Waals surface area (Å²) in [6.07, 6.45) is 0. The van der Waals surface area contributed by atoms with Gasteiger partial charge in [-0.1, -0.05) is 23.7 Å². The minimum atomic E-state index is -3.70. The van der Waals surface area contributed by atoms with E-state index in [0.717, 1.165) is 0 Å². The summed E-state index contributed by atoms with van der Waals surface area (Å²) >= 11 is 6.05. The fourth-order valence-corrected chi connectivity index (χ4v) is 4.99. The highest BCUT2D eigenvalue weighted by atomic mass is 35.5. The van der Waals surface area contributed by atoms with E-state index in [2.05, 4.69) is 0 Å². The van der Waals surface area contributed by atoms with Crippen molar-refractivity contribution in [2.45, 2.75) is 4.90 Å². The molecule has 7 nitrogen and oxygen atoms in total. The van der Waals surface area contributed by atoms with Gasteiger partial charge in [-0.2, -0.15) is 4.31 Å². The molecule has 1 aliphatic heterocycles. The SMILES string of the molecule is COc1ccc(C(=O)N2CCN(S(=O)(=O)c3ccccc3Cl)CC2)cc1OC. The fourth-order valence-electron chi connectivity index (χ4n) is 3.08. The number of hydrogen-bond acceptors (Lipinski definition) is 5. The lowest BCUT2D eigenvalue weighted by Gasteiger charge is -2.34. The standard InChI is InChI=1S/C19H21ClN2O5S/c1-26-16-8-7-14(13-17(16)27-2)19(23)21-9-11-22(12-10-21)28(24,25)18-6-4-3-5-15(18)20/h3-8,13H,9-12H2,1-2H3. The molecule has 28 heavy (non-hydrogen) atoms. The molecule has 0 atom stereocenters. The number of carbonyl (C=O) groups is 1. The predicted molar refractivity (Wildman–Crippen MR) is 106 cm³/mol. The molecule has 2 aromatic carbocycles. The first-order valence-electron chi connectivity index (χ1n) is 8.64. The van der Waals surface area contributed by atoms with Gasteiger partial charge in [0.25, 0.3) is 5.91 Å². The Morgan fingerprint density at radius 2 is 1.61 bits per heavy atom. The summed E-state index contributed by atoms with van der Waals surface area (Å²) in [4.78, 5) is 14.5. The molecule has 0 N–H and O–H groups in total. The van der Waals surface area contributed by atoms with Crippen LogP contribution in [0.15, 0.2) is 47.4 Å². The van der Waals surface area contributed by atoms with Gasteiger partial charge in [0.15, 0.2) is 11.5 Å². The molecular formula is C19H21ClN2O5S. The lowest BCUT2D eigenvalue weighted by atomic mass is 10.1. The van der Waals surface area contributed by atoms with Gasteiger partial charge >= 0.3 is 0 Å². The number of methoxy groups -OCH3 is 2. The van der Waals surface area contributed by atoms with Crippen LogP contribution in [0.4, 0.5) is 0 Å². The topological polar surface area (TPSA) is 76.2 Å². The summed E-state index contributed by atoms with van der Waals surface area (Å²) < 4.78 is 37.4. The van der Waals surface area contributed by atoms with Gasteiger partial charge in [-0.3, -0.25) is 4.79 Å². The average Bonchev–Trinajstić information content (AvgIpc) is 2.73. The molecule has 0 aliphatic carbocycles. The fraction of sp³-hybridized carbons (Fsp3) is 0.316. The number of ether oxygens (including phenoxy) is 2. The molecule has 0 bridgehead atoms. The van der Waals surface area contributed by atoms with Gasteiger partial charge in [-0.25, -0.2) is 8.42 Å². The van der Waals surface area contributed by atoms with Crippen LogP contribution in [0, 0.1) is 0 Å². The molecule has 9 heteroatoms. The van der Waals surface area contributed by atoms with E-state index in [1.807, 2.05) is 0 Å². The number of piperazine rings is 1. The first-order chi connectivity index (χ1) is 13.4. The van der Waals surface area contributed by atoms with E-state index in [1.54, 1.807) is 41.3 Å². The Balaban J connectivity index is 1.72. The lowest BCUT2D eigenvalue weighted by molar-refractivity contribution is 0.0697. The second-order valence-electron chi connectivity index (χ2n) is 6.20. The first-order valence-corrected chi connectivity index (χ1v) is 10.5. The molecule has 0 radical (unpaired) electrons. The van der Waals surface area contributed by atoms with E-state index >= 15 is 0 Å². The Labute approximate surface area is 169 Å². The summed E-state index contributed by atoms with van der Waals surface area (Å²) in [5.74, 6) is 0.818. The van der Waals surface area contributed by atoms with Gasteiger partial charge in [-0.15, -0.1) is 0 Å². The van der Waals surface area contributed by atoms with Gasteiger partial charge in [0.1, 0.15) is 4.90 Å². The summed E-state index contributed by atoms with van der Waals surface area (Å²) in [6, 6.07) is 11.3. The molecule has 1 fully saturated rings. The second kappa shape index (κ2) is 8.38. The number of sulfonamides is 1. The Bertz CT molecular complexity index is 972. The predicted octanol–water partition coefficient (Wildman–Crippen LogP) is 2.50. The van der Waals surface area contributed by atoms with Crippen molar-refractivity contribution in [1.82, 2.24) is 9.21 Å². The number of benzene rings is 2. The molecule has 0 unspecified atom stereocenters. The molecule has 0 spiro atoms. The van der Waals surface area contributed by atoms with Crippen LogP contribution in [-0.4, -0.2) is 63.9 Å². The monoisotopic (exact) mass is 424 g/mol. The van der Waals surface area contributed by atoms with E-state index in [-0.39, 0.29) is 42.0 Å². The average molecular weight is 425 g/mol. The van der Waals surface area contributed by atoms with Crippen LogP contribution in [0.25, 0.3) is 0 Å². The molecule has 150 valence electrons. The zero-order valence-corrected chi connectivity index (χ0v) is 17.2. The maximum atomic E-state index is 12.8. The van der Waals surface area contributed by atoms with Crippen molar-refractivity contribution in [1.29, 1.82) is 0 Å². The minimum Gasteiger partial charge on any atom is -0.493 e. The highest BCUT2D eigenvalue weighted by molar-refractivity contribution is 7.89. The third-order valence-electron chi connectivity index (χ3n) is 4.61. The van der Waals surface area contributed by atoms with Crippen LogP contribution in [0.2, 0.25) is 5.02 Å². The third-order valence-corrected chi connectivity index (χ3v) is 7.01. The first kappa shape index (κ1) is 20.4. The van der Waals surface area contributed by atoms with Gasteiger partial charge in [-0.05, 0) is 30.3 Å². The van der Waals surface area contributed by atoms with Crippen LogP contribution in [0.1, 0.15) is 10.4 Å². The maximum Gasteiger partial charge on any atom is 0.254 e. The van der Waals surface area contributed by atoms with Crippen molar-refractivity contribution in [3.05, 3.63) is 53.1 Å². The molecule has 2 aromatic rings. The van der Waals surface area contributed by atoms with Crippen molar-refractivity contribution in [3.63, 3.8) is 0 Å². The zero-order valence-electron chi connectivity index (χ0n) is 15.6. The van der Waals surface area contributed by atoms with Crippen LogP contribution < -0.4 is 9.47 Å². The summed E-state index contributed by atoms with van der Waals surface area (Å²) in [5, 5.41) is 0.186. The van der Waals surface area contributed by atoms with Crippen molar-refractivity contribution < 1.29 is 22.7 Å². The molecule has 1 heterocycles. The number of halogens is 1. The molecular weight excluding hydrogens is 404 g/mol. The van der Waals surface area contributed by atoms with E-state index in [4.69, 9.17) is 21.1 Å². The third kappa shape index (κ3) is 3.94. The van der Waals surface area contributed by atoms with Crippen molar-refractivity contribution >= 4 is 27.5 Å². The second-order valence-corrected chi connectivity index (χ2v) is 8.51. The van der Waals surface area contributed by atoms with Gasteiger partial charge < -0.3 is 14.4 Å². The van der Waals surface area contributed by atoms with E-state index in [1.165, 1.54) is 24.6 Å². The lowest BCUT2D eigenvalue weighted by Crippen LogP contribution is -2.50. The number of rotatable bonds is 5. The van der Waals surface area contributed by atoms with Crippen LogP contribution >= 0.6 is 11.6 Å². The molecule has 0 aromatic heterocycles. The number of amides is 1. The smallest absolute Gasteiger partial charge is 0.254 e. The Hall–Kier alpha value is -2.29.